The Bertz CT molecular complexity index is 1260. The molecule has 9 nitrogen and oxygen atoms in total. The molecule has 9 heteroatoms. The van der Waals surface area contributed by atoms with Crippen molar-refractivity contribution >= 4 is 12.0 Å². The number of carbonyl (C=O) groups excluding carboxylic acids is 2. The molecule has 8 rings (SSSR count). The number of amides is 2. The van der Waals surface area contributed by atoms with E-state index in [2.05, 4.69) is 34.6 Å². The lowest BCUT2D eigenvalue weighted by Gasteiger charge is -2.64. The zero-order valence-corrected chi connectivity index (χ0v) is 28.8. The van der Waals surface area contributed by atoms with Gasteiger partial charge in [-0.15, -0.1) is 0 Å². The molecule has 3 N–H and O–H groups in total. The molecular formula is C38H62N2O7. The summed E-state index contributed by atoms with van der Waals surface area (Å²) in [4.78, 5) is 26.2. The lowest BCUT2D eigenvalue weighted by Crippen LogP contribution is -2.60. The minimum atomic E-state index is -0.772. The van der Waals surface area contributed by atoms with Crippen molar-refractivity contribution < 1.29 is 33.6 Å². The number of aliphatic hydroxyl groups excluding tert-OH is 1. The van der Waals surface area contributed by atoms with E-state index in [1.54, 1.807) is 0 Å². The van der Waals surface area contributed by atoms with Gasteiger partial charge in [0.15, 0.2) is 6.29 Å². The van der Waals surface area contributed by atoms with Crippen molar-refractivity contribution in [3.05, 3.63) is 0 Å². The van der Waals surface area contributed by atoms with Crippen LogP contribution >= 0.6 is 0 Å². The average Bonchev–Trinajstić information content (AvgIpc) is 3.93. The van der Waals surface area contributed by atoms with E-state index in [1.807, 2.05) is 4.90 Å². The summed E-state index contributed by atoms with van der Waals surface area (Å²) < 4.78 is 24.7. The Hall–Kier alpha value is -1.42. The van der Waals surface area contributed by atoms with Crippen LogP contribution in [-0.2, 0) is 23.7 Å². The third kappa shape index (κ3) is 4.74. The molecule has 6 saturated carbocycles. The Kier molecular flexibility index (Phi) is 8.18. The number of hydrogen-bond donors (Lipinski definition) is 2. The molecule has 2 amide bonds. The molecule has 6 aliphatic carbocycles. The van der Waals surface area contributed by atoms with E-state index in [4.69, 9.17) is 24.7 Å². The topological polar surface area (TPSA) is 121 Å². The van der Waals surface area contributed by atoms with Gasteiger partial charge in [0.05, 0.1) is 37.6 Å². The number of nitrogens with zero attached hydrogens (tertiary/aromatic N) is 1. The van der Waals surface area contributed by atoms with Gasteiger partial charge in [0.1, 0.15) is 6.61 Å². The number of morpholine rings is 1. The smallest absolute Gasteiger partial charge is 0.404 e. The molecule has 0 aromatic heterocycles. The molecule has 266 valence electrons. The molecule has 2 heterocycles. The summed E-state index contributed by atoms with van der Waals surface area (Å²) in [6.07, 6.45) is 10.0. The van der Waals surface area contributed by atoms with E-state index >= 15 is 0 Å². The van der Waals surface area contributed by atoms with Crippen LogP contribution in [0, 0.1) is 56.7 Å². The van der Waals surface area contributed by atoms with Crippen molar-refractivity contribution in [1.82, 2.24) is 4.90 Å². The Morgan fingerprint density at radius 3 is 2.45 bits per heavy atom. The number of nitrogens with two attached hydrogens (primary N) is 1. The first-order chi connectivity index (χ1) is 21.8. The average molecular weight is 659 g/mol. The van der Waals surface area contributed by atoms with Crippen molar-refractivity contribution in [2.24, 2.45) is 62.4 Å². The fourth-order valence-electron chi connectivity index (χ4n) is 13.7. The van der Waals surface area contributed by atoms with Crippen LogP contribution in [0.25, 0.3) is 0 Å². The van der Waals surface area contributed by atoms with Crippen LogP contribution in [0.3, 0.4) is 0 Å². The maximum atomic E-state index is 12.9. The summed E-state index contributed by atoms with van der Waals surface area (Å²) in [5.74, 6) is 2.55. The van der Waals surface area contributed by atoms with Gasteiger partial charge in [0, 0.05) is 18.4 Å². The summed E-state index contributed by atoms with van der Waals surface area (Å²) in [7, 11) is 0. The highest BCUT2D eigenvalue weighted by molar-refractivity contribution is 5.76. The second-order valence-corrected chi connectivity index (χ2v) is 18.2. The number of aliphatic hydroxyl groups is 1. The SMILES string of the molecule is C.C[C@@H]1CC(COC(N)=O)OC2[C@H]1[C@@]1(C)CC[C@@]34C[C@@]35CC[C@H](O[C@H]3CN(C(=O)CC6CC6)CCO3)C(C)(C)[C@@H]5CCC4[C@]1(C)[C@H]2O. The molecule has 3 unspecified atom stereocenters. The summed E-state index contributed by atoms with van der Waals surface area (Å²) in [5, 5.41) is 12.3. The van der Waals surface area contributed by atoms with Crippen LogP contribution in [0.15, 0.2) is 0 Å². The Balaban J connectivity index is 0.00000351. The maximum absolute atomic E-state index is 12.9. The molecule has 13 atom stereocenters. The van der Waals surface area contributed by atoms with Gasteiger partial charge in [0.25, 0.3) is 0 Å². The minimum absolute atomic E-state index is 0. The first kappa shape index (κ1) is 34.0. The molecule has 2 aliphatic heterocycles. The zero-order chi connectivity index (χ0) is 32.4. The molecule has 2 saturated heterocycles. The van der Waals surface area contributed by atoms with Gasteiger partial charge in [-0.1, -0.05) is 42.0 Å². The Morgan fingerprint density at radius 2 is 1.72 bits per heavy atom. The Morgan fingerprint density at radius 1 is 1.00 bits per heavy atom. The molecule has 0 bridgehead atoms. The quantitative estimate of drug-likeness (QED) is 0.365. The zero-order valence-electron chi connectivity index (χ0n) is 28.8. The molecular weight excluding hydrogens is 596 g/mol. The van der Waals surface area contributed by atoms with E-state index in [1.165, 1.54) is 32.1 Å². The molecule has 0 aromatic carbocycles. The molecule has 8 fully saturated rings. The van der Waals surface area contributed by atoms with Crippen LogP contribution in [0.1, 0.15) is 113 Å². The van der Waals surface area contributed by atoms with Crippen LogP contribution < -0.4 is 5.73 Å². The van der Waals surface area contributed by atoms with Gasteiger partial charge in [-0.3, -0.25) is 4.79 Å². The van der Waals surface area contributed by atoms with Gasteiger partial charge in [-0.05, 0) is 115 Å². The standard InChI is InChI=1S/C37H58N2O7.CH4/c1-21-16-23(19-44-32(38)42)45-30-29(21)34(4)12-13-37-20-36(37)11-10-26(33(2,3)24(36)8-9-25(37)35(34,5)31(30)41)46-28-18-39(14-15-43-28)27(40)17-22-6-7-22;/h21-26,28-31,41H,6-20H2,1-5H3,(H2,38,42);1H4/t21-,23?,24+,25?,26+,28+,29+,30?,31+,34-,35-,36-,37+;/m1./s1. The highest BCUT2D eigenvalue weighted by Gasteiger charge is 2.84. The monoisotopic (exact) mass is 658 g/mol. The third-order valence-corrected chi connectivity index (χ3v) is 16.1. The maximum Gasteiger partial charge on any atom is 0.404 e. The first-order valence-corrected chi connectivity index (χ1v) is 18.6. The highest BCUT2D eigenvalue weighted by atomic mass is 16.7. The van der Waals surface area contributed by atoms with Crippen LogP contribution in [0.2, 0.25) is 0 Å². The first-order valence-electron chi connectivity index (χ1n) is 18.6. The third-order valence-electron chi connectivity index (χ3n) is 16.1. The molecule has 0 aromatic rings. The second-order valence-electron chi connectivity index (χ2n) is 18.2. The van der Waals surface area contributed by atoms with Gasteiger partial charge >= 0.3 is 6.09 Å². The van der Waals surface area contributed by atoms with Gasteiger partial charge in [-0.2, -0.15) is 0 Å². The van der Waals surface area contributed by atoms with Gasteiger partial charge in [0.2, 0.25) is 5.91 Å². The van der Waals surface area contributed by atoms with Crippen molar-refractivity contribution in [3.8, 4) is 0 Å². The molecule has 47 heavy (non-hydrogen) atoms. The highest BCUT2D eigenvalue weighted by Crippen LogP contribution is 2.89. The molecule has 2 spiro atoms. The van der Waals surface area contributed by atoms with Crippen LogP contribution in [-0.4, -0.2) is 79.0 Å². The molecule has 0 radical (unpaired) electrons. The second kappa shape index (κ2) is 11.3. The number of carbonyl (C=O) groups is 2. The lowest BCUT2D eigenvalue weighted by molar-refractivity contribution is -0.248. The fraction of sp³-hybridized carbons (Fsp3) is 0.947. The largest absolute Gasteiger partial charge is 0.447 e. The van der Waals surface area contributed by atoms with Crippen molar-refractivity contribution in [2.75, 3.05) is 26.3 Å². The molecule has 8 aliphatic rings. The minimum Gasteiger partial charge on any atom is -0.447 e. The van der Waals surface area contributed by atoms with E-state index in [0.29, 0.717) is 55.2 Å². The number of fused-ring (bicyclic) bond motifs is 4. The van der Waals surface area contributed by atoms with Gasteiger partial charge < -0.3 is 34.7 Å². The predicted molar refractivity (Wildman–Crippen MR) is 177 cm³/mol. The Labute approximate surface area is 282 Å². The summed E-state index contributed by atoms with van der Waals surface area (Å²) >= 11 is 0. The summed E-state index contributed by atoms with van der Waals surface area (Å²) in [6, 6.07) is 0. The normalized spacial score (nSPS) is 50.9. The van der Waals surface area contributed by atoms with E-state index in [9.17, 15) is 14.7 Å². The fourth-order valence-corrected chi connectivity index (χ4v) is 13.7. The van der Waals surface area contributed by atoms with Crippen molar-refractivity contribution in [3.63, 3.8) is 0 Å². The summed E-state index contributed by atoms with van der Waals surface area (Å²) in [6.45, 7) is 14.0. The number of hydrogen-bond acceptors (Lipinski definition) is 7. The van der Waals surface area contributed by atoms with Gasteiger partial charge in [-0.25, -0.2) is 4.79 Å². The van der Waals surface area contributed by atoms with Crippen molar-refractivity contribution in [1.29, 1.82) is 0 Å². The summed E-state index contributed by atoms with van der Waals surface area (Å²) in [5.41, 5.74) is 5.62. The van der Waals surface area contributed by atoms with Crippen molar-refractivity contribution in [2.45, 2.75) is 143 Å². The van der Waals surface area contributed by atoms with E-state index in [-0.39, 0.29) is 72.1 Å². The van der Waals surface area contributed by atoms with Crippen LogP contribution in [0.5, 0.6) is 0 Å². The number of primary amides is 1. The predicted octanol–water partition coefficient (Wildman–Crippen LogP) is 5.90. The number of rotatable bonds is 6. The lowest BCUT2D eigenvalue weighted by atomic mass is 9.41. The van der Waals surface area contributed by atoms with E-state index in [0.717, 1.165) is 32.1 Å². The van der Waals surface area contributed by atoms with E-state index < -0.39 is 12.2 Å². The number of ether oxygens (including phenoxy) is 4. The van der Waals surface area contributed by atoms with Crippen LogP contribution in [0.4, 0.5) is 4.79 Å².